The molecule has 114 valence electrons. The molecule has 0 unspecified atom stereocenters. The smallest absolute Gasteiger partial charge is 0.244 e. The standard InChI is InChI=1S/C16H17ClN4O/c1-20(11-15-18-8-4-9-19-15)14-7-10-21(16(14)22)13-6-3-2-5-12(13)17/h2-6,8-9,14H,7,10-11H2,1H3/t14-/m1/s1. The lowest BCUT2D eigenvalue weighted by Crippen LogP contribution is -2.39. The van der Waals surface area contributed by atoms with Gasteiger partial charge < -0.3 is 4.90 Å². The molecule has 1 aromatic carbocycles. The minimum atomic E-state index is -0.167. The summed E-state index contributed by atoms with van der Waals surface area (Å²) in [5, 5.41) is 0.602. The zero-order valence-corrected chi connectivity index (χ0v) is 13.1. The van der Waals surface area contributed by atoms with Gasteiger partial charge in [0.05, 0.1) is 23.3 Å². The molecule has 1 saturated heterocycles. The van der Waals surface area contributed by atoms with Crippen molar-refractivity contribution in [1.82, 2.24) is 14.9 Å². The topological polar surface area (TPSA) is 49.3 Å². The quantitative estimate of drug-likeness (QED) is 0.869. The van der Waals surface area contributed by atoms with E-state index in [1.54, 1.807) is 29.4 Å². The molecule has 2 heterocycles. The Labute approximate surface area is 134 Å². The number of hydrogen-bond donors (Lipinski definition) is 0. The van der Waals surface area contributed by atoms with Gasteiger partial charge in [-0.25, -0.2) is 9.97 Å². The number of nitrogens with zero attached hydrogens (tertiary/aromatic N) is 4. The Kier molecular flexibility index (Phi) is 4.36. The first kappa shape index (κ1) is 14.9. The van der Waals surface area contributed by atoms with Crippen LogP contribution in [0.3, 0.4) is 0 Å². The van der Waals surface area contributed by atoms with E-state index < -0.39 is 0 Å². The largest absolute Gasteiger partial charge is 0.310 e. The van der Waals surface area contributed by atoms with E-state index in [2.05, 4.69) is 9.97 Å². The van der Waals surface area contributed by atoms with Gasteiger partial charge in [0.2, 0.25) is 5.91 Å². The van der Waals surface area contributed by atoms with Crippen LogP contribution in [0.4, 0.5) is 5.69 Å². The molecule has 0 aliphatic carbocycles. The Bertz CT molecular complexity index is 664. The van der Waals surface area contributed by atoms with Crippen LogP contribution in [-0.2, 0) is 11.3 Å². The number of carbonyl (C=O) groups excluding carboxylic acids is 1. The molecule has 2 aromatic rings. The third kappa shape index (κ3) is 2.96. The molecule has 1 aliphatic rings. The Balaban J connectivity index is 1.72. The highest BCUT2D eigenvalue weighted by atomic mass is 35.5. The fourth-order valence-electron chi connectivity index (χ4n) is 2.73. The van der Waals surface area contributed by atoms with Gasteiger partial charge in [-0.3, -0.25) is 9.69 Å². The minimum Gasteiger partial charge on any atom is -0.310 e. The Morgan fingerprint density at radius 3 is 2.73 bits per heavy atom. The van der Waals surface area contributed by atoms with Crippen LogP contribution in [0.25, 0.3) is 0 Å². The van der Waals surface area contributed by atoms with Crippen LogP contribution in [0.15, 0.2) is 42.7 Å². The number of benzene rings is 1. The van der Waals surface area contributed by atoms with Gasteiger partial charge >= 0.3 is 0 Å². The molecule has 3 rings (SSSR count). The Morgan fingerprint density at radius 1 is 1.27 bits per heavy atom. The lowest BCUT2D eigenvalue weighted by molar-refractivity contribution is -0.121. The highest BCUT2D eigenvalue weighted by molar-refractivity contribution is 6.33. The first-order valence-corrected chi connectivity index (χ1v) is 7.56. The summed E-state index contributed by atoms with van der Waals surface area (Å²) in [6.07, 6.45) is 4.19. The Hall–Kier alpha value is -1.98. The second-order valence-corrected chi connectivity index (χ2v) is 5.73. The molecule has 0 bridgehead atoms. The summed E-state index contributed by atoms with van der Waals surface area (Å²) in [7, 11) is 1.93. The molecule has 6 heteroatoms. The van der Waals surface area contributed by atoms with Crippen molar-refractivity contribution in [2.24, 2.45) is 0 Å². The highest BCUT2D eigenvalue weighted by Crippen LogP contribution is 2.30. The third-order valence-corrected chi connectivity index (χ3v) is 4.18. The lowest BCUT2D eigenvalue weighted by atomic mass is 10.2. The maximum absolute atomic E-state index is 12.7. The van der Waals surface area contributed by atoms with Gasteiger partial charge in [0.1, 0.15) is 5.82 Å². The van der Waals surface area contributed by atoms with E-state index in [9.17, 15) is 4.79 Å². The molecule has 1 aliphatic heterocycles. The molecule has 1 atom stereocenters. The van der Waals surface area contributed by atoms with Crippen molar-refractivity contribution in [1.29, 1.82) is 0 Å². The van der Waals surface area contributed by atoms with Crippen LogP contribution in [0.2, 0.25) is 5.02 Å². The maximum atomic E-state index is 12.7. The molecular weight excluding hydrogens is 300 g/mol. The van der Waals surface area contributed by atoms with Crippen molar-refractivity contribution in [3.05, 3.63) is 53.6 Å². The summed E-state index contributed by atoms with van der Waals surface area (Å²) in [6, 6.07) is 9.05. The molecule has 22 heavy (non-hydrogen) atoms. The van der Waals surface area contributed by atoms with Crippen LogP contribution in [-0.4, -0.2) is 40.4 Å². The van der Waals surface area contributed by atoms with Gasteiger partial charge in [0.15, 0.2) is 0 Å². The average Bonchev–Trinajstić information content (AvgIpc) is 2.90. The first-order chi connectivity index (χ1) is 10.7. The van der Waals surface area contributed by atoms with Gasteiger partial charge in [0, 0.05) is 18.9 Å². The molecule has 0 N–H and O–H groups in total. The molecule has 5 nitrogen and oxygen atoms in total. The number of amides is 1. The number of para-hydroxylation sites is 1. The Morgan fingerprint density at radius 2 is 2.00 bits per heavy atom. The number of halogens is 1. The first-order valence-electron chi connectivity index (χ1n) is 7.19. The number of aromatic nitrogens is 2. The lowest BCUT2D eigenvalue weighted by Gasteiger charge is -2.23. The second-order valence-electron chi connectivity index (χ2n) is 5.33. The SMILES string of the molecule is CN(Cc1ncccn1)[C@@H]1CCN(c2ccccc2Cl)C1=O. The van der Waals surface area contributed by atoms with E-state index >= 15 is 0 Å². The van der Waals surface area contributed by atoms with E-state index in [4.69, 9.17) is 11.6 Å². The number of anilines is 1. The van der Waals surface area contributed by atoms with Crippen LogP contribution in [0.5, 0.6) is 0 Å². The van der Waals surface area contributed by atoms with Crippen molar-refractivity contribution < 1.29 is 4.79 Å². The summed E-state index contributed by atoms with van der Waals surface area (Å²) in [6.45, 7) is 1.22. The fraction of sp³-hybridized carbons (Fsp3) is 0.312. The van der Waals surface area contributed by atoms with E-state index in [1.165, 1.54) is 0 Å². The van der Waals surface area contributed by atoms with Gasteiger partial charge in [-0.1, -0.05) is 23.7 Å². The molecule has 1 amide bonds. The number of hydrogen-bond acceptors (Lipinski definition) is 4. The fourth-order valence-corrected chi connectivity index (χ4v) is 2.97. The maximum Gasteiger partial charge on any atom is 0.244 e. The predicted molar refractivity (Wildman–Crippen MR) is 85.7 cm³/mol. The van der Waals surface area contributed by atoms with Crippen molar-refractivity contribution in [2.75, 3.05) is 18.5 Å². The molecule has 0 spiro atoms. The minimum absolute atomic E-state index is 0.0755. The van der Waals surface area contributed by atoms with Crippen molar-refractivity contribution >= 4 is 23.2 Å². The molecule has 1 fully saturated rings. The summed E-state index contributed by atoms with van der Waals surface area (Å²) >= 11 is 6.20. The molecule has 1 aromatic heterocycles. The van der Waals surface area contributed by atoms with Crippen LogP contribution in [0, 0.1) is 0 Å². The average molecular weight is 317 g/mol. The normalized spacial score (nSPS) is 18.2. The van der Waals surface area contributed by atoms with Crippen LogP contribution >= 0.6 is 11.6 Å². The molecule has 0 radical (unpaired) electrons. The summed E-state index contributed by atoms with van der Waals surface area (Å²) < 4.78 is 0. The van der Waals surface area contributed by atoms with Gasteiger partial charge in [0.25, 0.3) is 0 Å². The van der Waals surface area contributed by atoms with Crippen LogP contribution in [0.1, 0.15) is 12.2 Å². The monoisotopic (exact) mass is 316 g/mol. The summed E-state index contributed by atoms with van der Waals surface area (Å²) in [5.41, 5.74) is 0.779. The zero-order chi connectivity index (χ0) is 15.5. The third-order valence-electron chi connectivity index (χ3n) is 3.86. The van der Waals surface area contributed by atoms with Crippen LogP contribution < -0.4 is 4.90 Å². The van der Waals surface area contributed by atoms with E-state index in [0.717, 1.165) is 12.1 Å². The van der Waals surface area contributed by atoms with Crippen molar-refractivity contribution in [3.8, 4) is 0 Å². The highest BCUT2D eigenvalue weighted by Gasteiger charge is 2.36. The van der Waals surface area contributed by atoms with Gasteiger partial charge in [-0.05, 0) is 31.7 Å². The number of rotatable bonds is 4. The molecule has 0 saturated carbocycles. The van der Waals surface area contributed by atoms with Gasteiger partial charge in [-0.15, -0.1) is 0 Å². The van der Waals surface area contributed by atoms with Gasteiger partial charge in [-0.2, -0.15) is 0 Å². The molecular formula is C16H17ClN4O. The van der Waals surface area contributed by atoms with Crippen molar-refractivity contribution in [2.45, 2.75) is 19.0 Å². The number of carbonyl (C=O) groups is 1. The predicted octanol–water partition coefficient (Wildman–Crippen LogP) is 2.37. The second kappa shape index (κ2) is 6.42. The van der Waals surface area contributed by atoms with E-state index in [1.807, 2.05) is 30.1 Å². The summed E-state index contributed by atoms with van der Waals surface area (Å²) in [5.74, 6) is 0.792. The van der Waals surface area contributed by atoms with E-state index in [0.29, 0.717) is 23.9 Å². The van der Waals surface area contributed by atoms with Crippen molar-refractivity contribution in [3.63, 3.8) is 0 Å². The van der Waals surface area contributed by atoms with E-state index in [-0.39, 0.29) is 11.9 Å². The summed E-state index contributed by atoms with van der Waals surface area (Å²) in [4.78, 5) is 24.8. The zero-order valence-electron chi connectivity index (χ0n) is 12.3. The number of likely N-dealkylation sites (N-methyl/N-ethyl adjacent to an activating group) is 1.